The number of halogens is 1. The van der Waals surface area contributed by atoms with E-state index < -0.39 is 15.9 Å². The molecule has 0 aliphatic rings. The second-order valence-electron chi connectivity index (χ2n) is 3.76. The first-order valence-corrected chi connectivity index (χ1v) is 6.65. The minimum absolute atomic E-state index is 0.161. The monoisotopic (exact) mass is 266 g/mol. The fourth-order valence-electron chi connectivity index (χ4n) is 1.49. The summed E-state index contributed by atoms with van der Waals surface area (Å²) < 4.78 is 42.0. The van der Waals surface area contributed by atoms with Gasteiger partial charge >= 0.3 is 10.1 Å². The molecule has 0 saturated carbocycles. The highest BCUT2D eigenvalue weighted by atomic mass is 32.2. The third kappa shape index (κ3) is 2.68. The first kappa shape index (κ1) is 12.6. The van der Waals surface area contributed by atoms with Crippen LogP contribution in [0.2, 0.25) is 0 Å². The quantitative estimate of drug-likeness (QED) is 0.802. The van der Waals surface area contributed by atoms with Gasteiger partial charge in [-0.1, -0.05) is 24.3 Å². The summed E-state index contributed by atoms with van der Waals surface area (Å²) in [5, 5.41) is 0. The SMILES string of the molecule is Cc1ccc(F)cc1S(=O)(=O)Oc1ccccc1. The zero-order chi connectivity index (χ0) is 13.2. The normalized spacial score (nSPS) is 11.2. The highest BCUT2D eigenvalue weighted by molar-refractivity contribution is 7.87. The molecule has 3 nitrogen and oxygen atoms in total. The van der Waals surface area contributed by atoms with Crippen molar-refractivity contribution >= 4 is 10.1 Å². The molecule has 0 heterocycles. The average molecular weight is 266 g/mol. The smallest absolute Gasteiger partial charge is 0.339 e. The van der Waals surface area contributed by atoms with Crippen molar-refractivity contribution in [2.24, 2.45) is 0 Å². The van der Waals surface area contributed by atoms with E-state index in [1.54, 1.807) is 25.1 Å². The van der Waals surface area contributed by atoms with Crippen LogP contribution in [0.4, 0.5) is 4.39 Å². The molecule has 0 spiro atoms. The summed E-state index contributed by atoms with van der Waals surface area (Å²) in [6.45, 7) is 1.58. The molecule has 0 unspecified atom stereocenters. The van der Waals surface area contributed by atoms with Crippen LogP contribution in [0.25, 0.3) is 0 Å². The molecule has 0 fully saturated rings. The van der Waals surface area contributed by atoms with Crippen molar-refractivity contribution in [1.29, 1.82) is 0 Å². The second-order valence-corrected chi connectivity index (χ2v) is 5.28. The summed E-state index contributed by atoms with van der Waals surface area (Å²) in [6.07, 6.45) is 0. The van der Waals surface area contributed by atoms with Crippen molar-refractivity contribution < 1.29 is 17.0 Å². The highest BCUT2D eigenvalue weighted by Gasteiger charge is 2.19. The molecule has 0 radical (unpaired) electrons. The van der Waals surface area contributed by atoms with Crippen molar-refractivity contribution in [1.82, 2.24) is 0 Å². The number of rotatable bonds is 3. The molecule has 94 valence electrons. The van der Waals surface area contributed by atoms with Gasteiger partial charge in [-0.3, -0.25) is 0 Å². The maximum absolute atomic E-state index is 13.1. The lowest BCUT2D eigenvalue weighted by atomic mass is 10.2. The van der Waals surface area contributed by atoms with E-state index in [-0.39, 0.29) is 10.6 Å². The zero-order valence-electron chi connectivity index (χ0n) is 9.63. The van der Waals surface area contributed by atoms with E-state index in [9.17, 15) is 12.8 Å². The average Bonchev–Trinajstić information content (AvgIpc) is 2.33. The molecular formula is C13H11FO3S. The van der Waals surface area contributed by atoms with Crippen molar-refractivity contribution in [3.8, 4) is 5.75 Å². The van der Waals surface area contributed by atoms with Crippen LogP contribution >= 0.6 is 0 Å². The van der Waals surface area contributed by atoms with Crippen molar-refractivity contribution in [3.05, 3.63) is 59.9 Å². The highest BCUT2D eigenvalue weighted by Crippen LogP contribution is 2.21. The molecular weight excluding hydrogens is 255 g/mol. The topological polar surface area (TPSA) is 43.4 Å². The van der Waals surface area contributed by atoms with Crippen LogP contribution in [0.5, 0.6) is 5.75 Å². The summed E-state index contributed by atoms with van der Waals surface area (Å²) in [5.41, 5.74) is 0.437. The number of hydrogen-bond acceptors (Lipinski definition) is 3. The molecule has 0 aliphatic heterocycles. The molecule has 2 rings (SSSR count). The molecule has 2 aromatic carbocycles. The second kappa shape index (κ2) is 4.78. The summed E-state index contributed by atoms with van der Waals surface area (Å²) >= 11 is 0. The van der Waals surface area contributed by atoms with Gasteiger partial charge in [0.25, 0.3) is 0 Å². The van der Waals surface area contributed by atoms with E-state index in [4.69, 9.17) is 4.18 Å². The summed E-state index contributed by atoms with van der Waals surface area (Å²) in [7, 11) is -4.01. The minimum atomic E-state index is -4.01. The van der Waals surface area contributed by atoms with E-state index in [1.807, 2.05) is 0 Å². The Morgan fingerprint density at radius 3 is 2.39 bits per heavy atom. The predicted octanol–water partition coefficient (Wildman–Crippen LogP) is 2.90. The lowest BCUT2D eigenvalue weighted by Crippen LogP contribution is -2.11. The van der Waals surface area contributed by atoms with Gasteiger partial charge < -0.3 is 4.18 Å². The standard InChI is InChI=1S/C13H11FO3S/c1-10-7-8-11(14)9-13(10)18(15,16)17-12-5-3-2-4-6-12/h2-9H,1H3. The molecule has 2 aromatic rings. The Labute approximate surface area is 105 Å². The maximum Gasteiger partial charge on any atom is 0.339 e. The van der Waals surface area contributed by atoms with Gasteiger partial charge in [0, 0.05) is 0 Å². The maximum atomic E-state index is 13.1. The zero-order valence-corrected chi connectivity index (χ0v) is 10.4. The van der Waals surface area contributed by atoms with E-state index in [1.165, 1.54) is 24.3 Å². The van der Waals surface area contributed by atoms with E-state index in [0.29, 0.717) is 5.56 Å². The Morgan fingerprint density at radius 1 is 1.06 bits per heavy atom. The van der Waals surface area contributed by atoms with Crippen LogP contribution in [0.1, 0.15) is 5.56 Å². The number of hydrogen-bond donors (Lipinski definition) is 0. The van der Waals surface area contributed by atoms with Crippen molar-refractivity contribution in [3.63, 3.8) is 0 Å². The van der Waals surface area contributed by atoms with Crippen LogP contribution in [0.3, 0.4) is 0 Å². The fourth-order valence-corrected chi connectivity index (χ4v) is 2.66. The van der Waals surface area contributed by atoms with Gasteiger partial charge in [0.1, 0.15) is 16.5 Å². The Morgan fingerprint density at radius 2 is 1.72 bits per heavy atom. The molecule has 0 bridgehead atoms. The van der Waals surface area contributed by atoms with E-state index in [0.717, 1.165) is 6.07 Å². The Hall–Kier alpha value is -1.88. The Balaban J connectivity index is 2.40. The summed E-state index contributed by atoms with van der Waals surface area (Å²) in [6, 6.07) is 11.7. The first-order chi connectivity index (χ1) is 8.49. The fraction of sp³-hybridized carbons (Fsp3) is 0.0769. The number of para-hydroxylation sites is 1. The molecule has 0 atom stereocenters. The van der Waals surface area contributed by atoms with Crippen LogP contribution < -0.4 is 4.18 Å². The Kier molecular flexibility index (Phi) is 3.34. The number of benzene rings is 2. The molecule has 0 amide bonds. The molecule has 0 aliphatic carbocycles. The van der Waals surface area contributed by atoms with Crippen molar-refractivity contribution in [2.75, 3.05) is 0 Å². The van der Waals surface area contributed by atoms with Gasteiger partial charge in [-0.2, -0.15) is 8.42 Å². The third-order valence-corrected chi connectivity index (χ3v) is 3.76. The summed E-state index contributed by atoms with van der Waals surface area (Å²) in [5.74, 6) is -0.419. The predicted molar refractivity (Wildman–Crippen MR) is 65.4 cm³/mol. The first-order valence-electron chi connectivity index (χ1n) is 5.25. The van der Waals surface area contributed by atoms with Crippen molar-refractivity contribution in [2.45, 2.75) is 11.8 Å². The largest absolute Gasteiger partial charge is 0.379 e. The van der Waals surface area contributed by atoms with E-state index in [2.05, 4.69) is 0 Å². The van der Waals surface area contributed by atoms with Crippen LogP contribution in [0, 0.1) is 12.7 Å². The molecule has 0 aromatic heterocycles. The lowest BCUT2D eigenvalue weighted by molar-refractivity contribution is 0.484. The molecule has 18 heavy (non-hydrogen) atoms. The molecule has 5 heteroatoms. The summed E-state index contributed by atoms with van der Waals surface area (Å²) in [4.78, 5) is -0.161. The third-order valence-electron chi connectivity index (χ3n) is 2.37. The number of aryl methyl sites for hydroxylation is 1. The van der Waals surface area contributed by atoms with Gasteiger partial charge in [-0.15, -0.1) is 0 Å². The molecule has 0 N–H and O–H groups in total. The van der Waals surface area contributed by atoms with Crippen LogP contribution in [-0.4, -0.2) is 8.42 Å². The van der Waals surface area contributed by atoms with Crippen LogP contribution in [-0.2, 0) is 10.1 Å². The van der Waals surface area contributed by atoms with Gasteiger partial charge in [-0.25, -0.2) is 4.39 Å². The lowest BCUT2D eigenvalue weighted by Gasteiger charge is -2.09. The van der Waals surface area contributed by atoms with E-state index >= 15 is 0 Å². The minimum Gasteiger partial charge on any atom is -0.379 e. The Bertz CT molecular complexity index is 651. The molecule has 0 saturated heterocycles. The van der Waals surface area contributed by atoms with Crippen LogP contribution in [0.15, 0.2) is 53.4 Å². The van der Waals surface area contributed by atoms with Gasteiger partial charge in [0.2, 0.25) is 0 Å². The van der Waals surface area contributed by atoms with Gasteiger partial charge in [0.05, 0.1) is 0 Å². The van der Waals surface area contributed by atoms with Gasteiger partial charge in [-0.05, 0) is 36.8 Å². The van der Waals surface area contributed by atoms with Gasteiger partial charge in [0.15, 0.2) is 0 Å².